The fourth-order valence-corrected chi connectivity index (χ4v) is 1.87. The highest BCUT2D eigenvalue weighted by molar-refractivity contribution is 9.10. The summed E-state index contributed by atoms with van der Waals surface area (Å²) >= 11 is 3.32. The van der Waals surface area contributed by atoms with Crippen molar-refractivity contribution in [3.63, 3.8) is 0 Å². The largest absolute Gasteiger partial charge is 0.362 e. The van der Waals surface area contributed by atoms with E-state index < -0.39 is 0 Å². The first-order valence-electron chi connectivity index (χ1n) is 5.92. The minimum absolute atomic E-state index is 0.0820. The van der Waals surface area contributed by atoms with E-state index in [0.717, 1.165) is 10.2 Å². The van der Waals surface area contributed by atoms with Gasteiger partial charge in [0, 0.05) is 28.0 Å². The van der Waals surface area contributed by atoms with Crippen molar-refractivity contribution in [2.24, 2.45) is 0 Å². The van der Waals surface area contributed by atoms with E-state index in [2.05, 4.69) is 27.3 Å². The summed E-state index contributed by atoms with van der Waals surface area (Å²) < 4.78 is 0.935. The van der Waals surface area contributed by atoms with Crippen LogP contribution in [0.15, 0.2) is 65.3 Å². The molecular formula is C16H11BrN2O. The van der Waals surface area contributed by atoms with E-state index in [1.165, 1.54) is 6.08 Å². The maximum atomic E-state index is 11.9. The van der Waals surface area contributed by atoms with Gasteiger partial charge in [-0.2, -0.15) is 5.26 Å². The number of benzene rings is 2. The van der Waals surface area contributed by atoms with Crippen molar-refractivity contribution in [1.29, 1.82) is 5.26 Å². The lowest BCUT2D eigenvalue weighted by Gasteiger charge is -2.00. The summed E-state index contributed by atoms with van der Waals surface area (Å²) in [6.45, 7) is 0. The molecule has 0 saturated carbocycles. The second-order valence-electron chi connectivity index (χ2n) is 4.04. The second-order valence-corrected chi connectivity index (χ2v) is 4.96. The molecule has 3 nitrogen and oxygen atoms in total. The molecule has 4 heteroatoms. The molecule has 0 aliphatic carbocycles. The van der Waals surface area contributed by atoms with Crippen LogP contribution in [0.3, 0.4) is 0 Å². The fraction of sp³-hybridized carbons (Fsp3) is 0. The maximum absolute atomic E-state index is 11.9. The number of allylic oxidation sites excluding steroid dienone is 1. The third-order valence-corrected chi connectivity index (χ3v) is 3.13. The molecule has 0 spiro atoms. The first-order valence-corrected chi connectivity index (χ1v) is 6.71. The Labute approximate surface area is 125 Å². The van der Waals surface area contributed by atoms with Gasteiger partial charge in [-0.05, 0) is 42.5 Å². The van der Waals surface area contributed by atoms with Crippen molar-refractivity contribution >= 4 is 27.4 Å². The van der Waals surface area contributed by atoms with Crippen molar-refractivity contribution in [2.75, 3.05) is 5.32 Å². The van der Waals surface area contributed by atoms with Gasteiger partial charge in [0.05, 0.1) is 11.6 Å². The molecule has 0 aliphatic heterocycles. The zero-order valence-corrected chi connectivity index (χ0v) is 12.1. The molecule has 0 radical (unpaired) electrons. The van der Waals surface area contributed by atoms with Crippen molar-refractivity contribution < 1.29 is 4.79 Å². The van der Waals surface area contributed by atoms with Crippen LogP contribution in [0.1, 0.15) is 15.9 Å². The molecule has 0 bridgehead atoms. The first kappa shape index (κ1) is 14.0. The van der Waals surface area contributed by atoms with Crippen molar-refractivity contribution in [3.05, 3.63) is 76.4 Å². The van der Waals surface area contributed by atoms with Crippen LogP contribution in [-0.4, -0.2) is 5.78 Å². The van der Waals surface area contributed by atoms with Crippen molar-refractivity contribution in [1.82, 2.24) is 0 Å². The van der Waals surface area contributed by atoms with Crippen molar-refractivity contribution in [2.45, 2.75) is 0 Å². The Balaban J connectivity index is 2.01. The summed E-state index contributed by atoms with van der Waals surface area (Å²) in [5.41, 5.74) is 1.96. The number of rotatable bonds is 4. The zero-order chi connectivity index (χ0) is 14.4. The molecule has 0 unspecified atom stereocenters. The number of hydrogen-bond donors (Lipinski definition) is 1. The number of nitrogens with one attached hydrogen (secondary N) is 1. The molecule has 0 atom stereocenters. The lowest BCUT2D eigenvalue weighted by Crippen LogP contribution is -1.96. The van der Waals surface area contributed by atoms with Gasteiger partial charge in [-0.3, -0.25) is 4.79 Å². The van der Waals surface area contributed by atoms with E-state index in [1.54, 1.807) is 36.5 Å². The lowest BCUT2D eigenvalue weighted by molar-refractivity contribution is 0.104. The molecule has 20 heavy (non-hydrogen) atoms. The Morgan fingerprint density at radius 1 is 1.20 bits per heavy atom. The monoisotopic (exact) mass is 326 g/mol. The van der Waals surface area contributed by atoms with Gasteiger partial charge in [0.2, 0.25) is 0 Å². The van der Waals surface area contributed by atoms with Gasteiger partial charge in [0.1, 0.15) is 0 Å². The second kappa shape index (κ2) is 6.69. The molecule has 98 valence electrons. The summed E-state index contributed by atoms with van der Waals surface area (Å²) in [5.74, 6) is -0.0820. The summed E-state index contributed by atoms with van der Waals surface area (Å²) in [7, 11) is 0. The molecule has 0 heterocycles. The fourth-order valence-electron chi connectivity index (χ4n) is 1.60. The molecule has 1 N–H and O–H groups in total. The third-order valence-electron chi connectivity index (χ3n) is 2.61. The predicted molar refractivity (Wildman–Crippen MR) is 82.4 cm³/mol. The molecule has 2 aromatic rings. The van der Waals surface area contributed by atoms with E-state index in [0.29, 0.717) is 11.1 Å². The van der Waals surface area contributed by atoms with Gasteiger partial charge < -0.3 is 5.32 Å². The van der Waals surface area contributed by atoms with Crippen LogP contribution in [-0.2, 0) is 0 Å². The molecule has 2 rings (SSSR count). The SMILES string of the molecule is N#Cc1cccc(N/C=C/C(=O)c2ccc(Br)cc2)c1. The van der Waals surface area contributed by atoms with E-state index in [9.17, 15) is 4.79 Å². The van der Waals surface area contributed by atoms with E-state index >= 15 is 0 Å². The summed E-state index contributed by atoms with van der Waals surface area (Å²) in [4.78, 5) is 11.9. The highest BCUT2D eigenvalue weighted by Crippen LogP contribution is 2.12. The van der Waals surface area contributed by atoms with Crippen LogP contribution in [0.2, 0.25) is 0 Å². The predicted octanol–water partition coefficient (Wildman–Crippen LogP) is 4.13. The average Bonchev–Trinajstić information content (AvgIpc) is 2.48. The van der Waals surface area contributed by atoms with Crippen LogP contribution in [0.5, 0.6) is 0 Å². The van der Waals surface area contributed by atoms with Crippen LogP contribution in [0.4, 0.5) is 5.69 Å². The maximum Gasteiger partial charge on any atom is 0.187 e. The zero-order valence-electron chi connectivity index (χ0n) is 10.5. The Kier molecular flexibility index (Phi) is 4.70. The summed E-state index contributed by atoms with van der Waals surface area (Å²) in [6, 6.07) is 16.3. The summed E-state index contributed by atoms with van der Waals surface area (Å²) in [5, 5.41) is 11.8. The van der Waals surface area contributed by atoms with Gasteiger partial charge in [-0.25, -0.2) is 0 Å². The van der Waals surface area contributed by atoms with Crippen LogP contribution >= 0.6 is 15.9 Å². The van der Waals surface area contributed by atoms with E-state index in [4.69, 9.17) is 5.26 Å². The molecule has 0 aromatic heterocycles. The van der Waals surface area contributed by atoms with E-state index in [1.807, 2.05) is 18.2 Å². The number of halogens is 1. The number of ketones is 1. The molecule has 0 aliphatic rings. The topological polar surface area (TPSA) is 52.9 Å². The van der Waals surface area contributed by atoms with Crippen LogP contribution in [0.25, 0.3) is 0 Å². The third kappa shape index (κ3) is 3.81. The van der Waals surface area contributed by atoms with Crippen molar-refractivity contribution in [3.8, 4) is 6.07 Å². The number of carbonyl (C=O) groups excluding carboxylic acids is 1. The number of anilines is 1. The standard InChI is InChI=1S/C16H11BrN2O/c17-14-6-4-13(5-7-14)16(20)8-9-19-15-3-1-2-12(10-15)11-18/h1-10,19H/b9-8+. The molecule has 0 saturated heterocycles. The minimum Gasteiger partial charge on any atom is -0.362 e. The van der Waals surface area contributed by atoms with Crippen LogP contribution in [0, 0.1) is 11.3 Å². The number of nitriles is 1. The Hall–Kier alpha value is -2.38. The van der Waals surface area contributed by atoms with Gasteiger partial charge in [-0.1, -0.05) is 22.0 Å². The molecule has 2 aromatic carbocycles. The van der Waals surface area contributed by atoms with Gasteiger partial charge in [0.25, 0.3) is 0 Å². The van der Waals surface area contributed by atoms with Crippen LogP contribution < -0.4 is 5.32 Å². The summed E-state index contributed by atoms with van der Waals surface area (Å²) in [6.07, 6.45) is 3.03. The molecule has 0 fully saturated rings. The number of carbonyl (C=O) groups is 1. The molecular weight excluding hydrogens is 316 g/mol. The highest BCUT2D eigenvalue weighted by atomic mass is 79.9. The normalized spacial score (nSPS) is 10.2. The smallest absolute Gasteiger partial charge is 0.187 e. The Morgan fingerprint density at radius 2 is 1.95 bits per heavy atom. The van der Waals surface area contributed by atoms with Gasteiger partial charge >= 0.3 is 0 Å². The number of nitrogens with zero attached hydrogens (tertiary/aromatic N) is 1. The number of hydrogen-bond acceptors (Lipinski definition) is 3. The Morgan fingerprint density at radius 3 is 2.65 bits per heavy atom. The van der Waals surface area contributed by atoms with E-state index in [-0.39, 0.29) is 5.78 Å². The van der Waals surface area contributed by atoms with Gasteiger partial charge in [0.15, 0.2) is 5.78 Å². The first-order chi connectivity index (χ1) is 9.69. The highest BCUT2D eigenvalue weighted by Gasteiger charge is 2.00. The lowest BCUT2D eigenvalue weighted by atomic mass is 10.1. The minimum atomic E-state index is -0.0820. The Bertz CT molecular complexity index is 684. The average molecular weight is 327 g/mol. The quantitative estimate of drug-likeness (QED) is 0.678. The molecule has 0 amide bonds. The van der Waals surface area contributed by atoms with Gasteiger partial charge in [-0.15, -0.1) is 0 Å².